The lowest BCUT2D eigenvalue weighted by Crippen LogP contribution is -2.43. The molecule has 1 unspecified atom stereocenters. The lowest BCUT2D eigenvalue weighted by Gasteiger charge is -2.11. The monoisotopic (exact) mass is 279 g/mol. The van der Waals surface area contributed by atoms with Crippen LogP contribution in [-0.4, -0.2) is 52.0 Å². The first-order valence-electron chi connectivity index (χ1n) is 4.82. The highest BCUT2D eigenvalue weighted by Crippen LogP contribution is 2.12. The van der Waals surface area contributed by atoms with E-state index in [0.717, 1.165) is 0 Å². The summed E-state index contributed by atoms with van der Waals surface area (Å²) in [7, 11) is -4.14. The highest BCUT2D eigenvalue weighted by atomic mass is 32.2. The van der Waals surface area contributed by atoms with E-state index in [2.05, 4.69) is 5.32 Å². The smallest absolute Gasteiger partial charge is 0.392 e. The van der Waals surface area contributed by atoms with E-state index in [1.165, 1.54) is 4.72 Å². The number of rotatable bonds is 8. The number of hydrogen-bond donors (Lipinski definition) is 4. The minimum atomic E-state index is -4.58. The fourth-order valence-electron chi connectivity index (χ4n) is 0.813. The number of hydrogen-bond acceptors (Lipinski definition) is 4. The molecule has 0 aliphatic heterocycles. The zero-order chi connectivity index (χ0) is 13.5. The van der Waals surface area contributed by atoms with E-state index in [0.29, 0.717) is 0 Å². The van der Waals surface area contributed by atoms with Crippen molar-refractivity contribution in [1.82, 2.24) is 14.8 Å². The Morgan fingerprint density at radius 3 is 2.29 bits per heavy atom. The Labute approximate surface area is 97.8 Å². The van der Waals surface area contributed by atoms with Gasteiger partial charge in [-0.15, -0.1) is 0 Å². The van der Waals surface area contributed by atoms with Crippen LogP contribution in [0.4, 0.5) is 13.2 Å². The van der Waals surface area contributed by atoms with Gasteiger partial charge in [0.25, 0.3) is 10.2 Å². The Morgan fingerprint density at radius 2 is 1.82 bits per heavy atom. The molecule has 0 amide bonds. The normalized spacial score (nSPS) is 14.9. The maximum atomic E-state index is 11.7. The van der Waals surface area contributed by atoms with Crippen molar-refractivity contribution < 1.29 is 26.7 Å². The molecule has 10 heteroatoms. The van der Waals surface area contributed by atoms with Crippen LogP contribution >= 0.6 is 0 Å². The van der Waals surface area contributed by atoms with Crippen LogP contribution in [0.1, 0.15) is 6.92 Å². The number of nitrogens with one attached hydrogen (secondary N) is 3. The van der Waals surface area contributed by atoms with Crippen molar-refractivity contribution in [2.45, 2.75) is 19.2 Å². The van der Waals surface area contributed by atoms with Gasteiger partial charge in [-0.05, 0) is 6.92 Å². The van der Waals surface area contributed by atoms with Crippen LogP contribution in [0.2, 0.25) is 0 Å². The molecule has 0 heterocycles. The molecule has 0 rings (SSSR count). The minimum Gasteiger partial charge on any atom is -0.392 e. The molecule has 0 radical (unpaired) electrons. The number of halogens is 3. The Bertz CT molecular complexity index is 305. The molecule has 4 N–H and O–H groups in total. The van der Waals surface area contributed by atoms with Gasteiger partial charge in [0.15, 0.2) is 0 Å². The van der Waals surface area contributed by atoms with Gasteiger partial charge < -0.3 is 10.4 Å². The molecule has 0 saturated heterocycles. The summed E-state index contributed by atoms with van der Waals surface area (Å²) < 4.78 is 60.4. The van der Waals surface area contributed by atoms with Gasteiger partial charge in [-0.1, -0.05) is 0 Å². The predicted octanol–water partition coefficient (Wildman–Crippen LogP) is -1.06. The molecular weight excluding hydrogens is 263 g/mol. The lowest BCUT2D eigenvalue weighted by molar-refractivity contribution is -0.121. The molecule has 0 aromatic heterocycles. The minimum absolute atomic E-state index is 0.0695. The Balaban J connectivity index is 3.72. The molecule has 0 saturated carbocycles. The van der Waals surface area contributed by atoms with Crippen molar-refractivity contribution in [3.05, 3.63) is 0 Å². The summed E-state index contributed by atoms with van der Waals surface area (Å²) in [4.78, 5) is 0. The summed E-state index contributed by atoms with van der Waals surface area (Å²) in [5.74, 6) is 0. The molecule has 104 valence electrons. The van der Waals surface area contributed by atoms with Gasteiger partial charge in [0.2, 0.25) is 0 Å². The molecular formula is C7H16F3N3O3S. The first-order valence-corrected chi connectivity index (χ1v) is 6.30. The van der Waals surface area contributed by atoms with Gasteiger partial charge in [0.1, 0.15) is 6.54 Å². The molecule has 0 bridgehead atoms. The average molecular weight is 279 g/mol. The van der Waals surface area contributed by atoms with E-state index < -0.39 is 29.0 Å². The molecule has 17 heavy (non-hydrogen) atoms. The van der Waals surface area contributed by atoms with E-state index in [-0.39, 0.29) is 19.6 Å². The van der Waals surface area contributed by atoms with Crippen LogP contribution in [0.25, 0.3) is 0 Å². The van der Waals surface area contributed by atoms with Gasteiger partial charge in [0.05, 0.1) is 6.10 Å². The zero-order valence-electron chi connectivity index (χ0n) is 9.21. The van der Waals surface area contributed by atoms with Crippen molar-refractivity contribution in [3.63, 3.8) is 0 Å². The molecule has 0 aliphatic rings. The van der Waals surface area contributed by atoms with Gasteiger partial charge in [-0.3, -0.25) is 0 Å². The van der Waals surface area contributed by atoms with Crippen LogP contribution in [0.5, 0.6) is 0 Å². The number of aliphatic hydroxyl groups excluding tert-OH is 1. The first kappa shape index (κ1) is 16.6. The maximum Gasteiger partial charge on any atom is 0.402 e. The molecule has 0 aromatic rings. The first-order chi connectivity index (χ1) is 7.62. The zero-order valence-corrected chi connectivity index (χ0v) is 10.0. The van der Waals surface area contributed by atoms with Gasteiger partial charge in [0, 0.05) is 19.6 Å². The van der Waals surface area contributed by atoms with E-state index in [9.17, 15) is 21.6 Å². The standard InChI is InChI=1S/C7H16F3N3O3S/c1-6(14)4-11-2-3-12-17(15,16)13-5-7(8,9)10/h6,11-14H,2-5H2,1H3. The van der Waals surface area contributed by atoms with E-state index >= 15 is 0 Å². The van der Waals surface area contributed by atoms with Gasteiger partial charge in [-0.25, -0.2) is 4.72 Å². The molecule has 0 spiro atoms. The molecule has 0 aromatic carbocycles. The molecule has 0 aliphatic carbocycles. The summed E-state index contributed by atoms with van der Waals surface area (Å²) in [5, 5.41) is 11.5. The third-order valence-corrected chi connectivity index (χ3v) is 2.60. The van der Waals surface area contributed by atoms with Crippen LogP contribution in [0.3, 0.4) is 0 Å². The summed E-state index contributed by atoms with van der Waals surface area (Å²) in [6, 6.07) is 0. The third-order valence-electron chi connectivity index (χ3n) is 1.50. The fourth-order valence-corrected chi connectivity index (χ4v) is 1.64. The summed E-state index contributed by atoms with van der Waals surface area (Å²) in [6.07, 6.45) is -5.16. The van der Waals surface area contributed by atoms with Crippen molar-refractivity contribution >= 4 is 10.2 Å². The number of aliphatic hydroxyl groups is 1. The highest BCUT2D eigenvalue weighted by Gasteiger charge is 2.29. The third kappa shape index (κ3) is 11.8. The quantitative estimate of drug-likeness (QED) is 0.426. The summed E-state index contributed by atoms with van der Waals surface area (Å²) in [5.41, 5.74) is 0. The van der Waals surface area contributed by atoms with Crippen LogP contribution < -0.4 is 14.8 Å². The van der Waals surface area contributed by atoms with Crippen molar-refractivity contribution in [1.29, 1.82) is 0 Å². The molecule has 6 nitrogen and oxygen atoms in total. The summed E-state index contributed by atoms with van der Waals surface area (Å²) >= 11 is 0. The lowest BCUT2D eigenvalue weighted by atomic mass is 10.4. The fraction of sp³-hybridized carbons (Fsp3) is 1.00. The Hall–Kier alpha value is -0.420. The number of alkyl halides is 3. The second kappa shape index (κ2) is 7.11. The largest absolute Gasteiger partial charge is 0.402 e. The summed E-state index contributed by atoms with van der Waals surface area (Å²) in [6.45, 7) is 0.348. The molecule has 1 atom stereocenters. The highest BCUT2D eigenvalue weighted by molar-refractivity contribution is 7.87. The van der Waals surface area contributed by atoms with Crippen molar-refractivity contribution in [3.8, 4) is 0 Å². The molecule has 0 fully saturated rings. The van der Waals surface area contributed by atoms with E-state index in [1.807, 2.05) is 4.72 Å². The predicted molar refractivity (Wildman–Crippen MR) is 55.5 cm³/mol. The Kier molecular flexibility index (Phi) is 6.94. The SMILES string of the molecule is CC(O)CNCCNS(=O)(=O)NCC(F)(F)F. The second-order valence-corrected chi connectivity index (χ2v) is 4.97. The van der Waals surface area contributed by atoms with E-state index in [1.54, 1.807) is 6.92 Å². The second-order valence-electron chi connectivity index (χ2n) is 3.39. The van der Waals surface area contributed by atoms with Gasteiger partial charge >= 0.3 is 6.18 Å². The topological polar surface area (TPSA) is 90.5 Å². The van der Waals surface area contributed by atoms with E-state index in [4.69, 9.17) is 5.11 Å². The Morgan fingerprint density at radius 1 is 1.24 bits per heavy atom. The maximum absolute atomic E-state index is 11.7. The van der Waals surface area contributed by atoms with Crippen LogP contribution in [-0.2, 0) is 10.2 Å². The average Bonchev–Trinajstić information content (AvgIpc) is 2.13. The van der Waals surface area contributed by atoms with Crippen LogP contribution in [0, 0.1) is 0 Å². The van der Waals surface area contributed by atoms with Crippen molar-refractivity contribution in [2.24, 2.45) is 0 Å². The van der Waals surface area contributed by atoms with Crippen LogP contribution in [0.15, 0.2) is 0 Å². The van der Waals surface area contributed by atoms with Gasteiger partial charge in [-0.2, -0.15) is 26.3 Å². The van der Waals surface area contributed by atoms with Crippen molar-refractivity contribution in [2.75, 3.05) is 26.2 Å².